The molecule has 2 aromatic carbocycles. The summed E-state index contributed by atoms with van der Waals surface area (Å²) in [6, 6.07) is 6.74. The molecule has 5 atom stereocenters. The highest BCUT2D eigenvalue weighted by atomic mass is 16.7. The molecule has 2 aromatic rings. The number of Topliss-reactive ketones (excluding diaryl/α,β-unsaturated/α-hetero) is 1. The number of hydrogen-bond donors (Lipinski definition) is 0. The minimum absolute atomic E-state index is 0.00740. The molecule has 0 spiro atoms. The molecular formula is C34H42O15. The lowest BCUT2D eigenvalue weighted by molar-refractivity contribution is -0.254. The quantitative estimate of drug-likeness (QED) is 0.151. The number of rotatable bonds is 15. The first-order valence-electron chi connectivity index (χ1n) is 15.2. The number of aryl methyl sites for hydroxylation is 1. The summed E-state index contributed by atoms with van der Waals surface area (Å²) >= 11 is 0. The van der Waals surface area contributed by atoms with Crippen LogP contribution in [0.25, 0.3) is 0 Å². The number of methoxy groups -OCH3 is 5. The third-order valence-corrected chi connectivity index (χ3v) is 7.53. The van der Waals surface area contributed by atoms with E-state index in [0.717, 1.165) is 26.3 Å². The van der Waals surface area contributed by atoms with Gasteiger partial charge in [-0.25, -0.2) is 0 Å². The molecule has 0 amide bonds. The van der Waals surface area contributed by atoms with Gasteiger partial charge < -0.3 is 47.4 Å². The van der Waals surface area contributed by atoms with Crippen molar-refractivity contribution in [3.05, 3.63) is 41.0 Å². The predicted octanol–water partition coefficient (Wildman–Crippen LogP) is 3.34. The molecule has 268 valence electrons. The molecule has 0 aromatic heterocycles. The van der Waals surface area contributed by atoms with Crippen molar-refractivity contribution >= 4 is 29.7 Å². The summed E-state index contributed by atoms with van der Waals surface area (Å²) in [6.45, 7) is 4.08. The molecule has 1 aliphatic heterocycles. The van der Waals surface area contributed by atoms with E-state index in [1.807, 2.05) is 0 Å². The van der Waals surface area contributed by atoms with Crippen LogP contribution in [0.2, 0.25) is 0 Å². The highest BCUT2D eigenvalue weighted by molar-refractivity contribution is 6.02. The SMILES string of the molecule is COc1ccc(CCC(=O)c2c(OC)cc(OC)c([C@@H]3O[C@H](COC(C)=O)[C@@H](OC(C)=O)[C@H](OC(C)=O)[C@H]3OC(C)=O)c2OC)cc1OC. The Hall–Kier alpha value is -5.05. The van der Waals surface area contributed by atoms with Crippen molar-refractivity contribution in [2.45, 2.75) is 71.1 Å². The van der Waals surface area contributed by atoms with E-state index in [-0.39, 0.29) is 34.8 Å². The van der Waals surface area contributed by atoms with Crippen LogP contribution in [0.5, 0.6) is 28.7 Å². The fourth-order valence-electron chi connectivity index (χ4n) is 5.58. The van der Waals surface area contributed by atoms with Gasteiger partial charge in [0, 0.05) is 40.2 Å². The molecule has 1 saturated heterocycles. The summed E-state index contributed by atoms with van der Waals surface area (Å²) in [5.41, 5.74) is 0.893. The smallest absolute Gasteiger partial charge is 0.303 e. The van der Waals surface area contributed by atoms with Gasteiger partial charge in [-0.15, -0.1) is 0 Å². The molecule has 1 fully saturated rings. The summed E-state index contributed by atoms with van der Waals surface area (Å²) in [5, 5.41) is 0. The Balaban J connectivity index is 2.22. The van der Waals surface area contributed by atoms with Crippen LogP contribution in [-0.4, -0.2) is 96.2 Å². The van der Waals surface area contributed by atoms with Crippen molar-refractivity contribution in [3.8, 4) is 28.7 Å². The van der Waals surface area contributed by atoms with E-state index in [0.29, 0.717) is 17.9 Å². The maximum absolute atomic E-state index is 14.0. The van der Waals surface area contributed by atoms with Crippen LogP contribution >= 0.6 is 0 Å². The molecule has 0 N–H and O–H groups in total. The maximum atomic E-state index is 14.0. The predicted molar refractivity (Wildman–Crippen MR) is 169 cm³/mol. The number of hydrogen-bond acceptors (Lipinski definition) is 15. The van der Waals surface area contributed by atoms with Gasteiger partial charge in [-0.05, 0) is 24.1 Å². The number of benzene rings is 2. The number of ether oxygens (including phenoxy) is 10. The molecule has 1 aliphatic rings. The van der Waals surface area contributed by atoms with Crippen LogP contribution in [-0.2, 0) is 49.3 Å². The van der Waals surface area contributed by atoms with E-state index in [2.05, 4.69) is 0 Å². The van der Waals surface area contributed by atoms with Crippen molar-refractivity contribution in [1.82, 2.24) is 0 Å². The second-order valence-electron chi connectivity index (χ2n) is 10.8. The van der Waals surface area contributed by atoms with Gasteiger partial charge in [0.1, 0.15) is 41.6 Å². The highest BCUT2D eigenvalue weighted by Crippen LogP contribution is 2.49. The summed E-state index contributed by atoms with van der Waals surface area (Å²) in [6.07, 6.45) is -6.70. The molecule has 0 unspecified atom stereocenters. The Kier molecular flexibility index (Phi) is 13.6. The summed E-state index contributed by atoms with van der Waals surface area (Å²) in [7, 11) is 7.06. The van der Waals surface area contributed by atoms with E-state index in [1.54, 1.807) is 18.2 Å². The molecular weight excluding hydrogens is 648 g/mol. The fourth-order valence-corrected chi connectivity index (χ4v) is 5.58. The molecule has 0 aliphatic carbocycles. The number of carbonyl (C=O) groups is 5. The second kappa shape index (κ2) is 17.4. The van der Waals surface area contributed by atoms with Crippen molar-refractivity contribution in [2.75, 3.05) is 42.2 Å². The van der Waals surface area contributed by atoms with Crippen molar-refractivity contribution < 1.29 is 71.3 Å². The lowest BCUT2D eigenvalue weighted by atomic mass is 9.87. The molecule has 0 bridgehead atoms. The van der Waals surface area contributed by atoms with Gasteiger partial charge in [0.05, 0.1) is 41.1 Å². The van der Waals surface area contributed by atoms with E-state index in [4.69, 9.17) is 47.4 Å². The average Bonchev–Trinajstić information content (AvgIpc) is 3.06. The Labute approximate surface area is 283 Å². The second-order valence-corrected chi connectivity index (χ2v) is 10.8. The maximum Gasteiger partial charge on any atom is 0.303 e. The molecule has 3 rings (SSSR count). The highest BCUT2D eigenvalue weighted by Gasteiger charge is 2.54. The molecule has 15 nitrogen and oxygen atoms in total. The Morgan fingerprint density at radius 1 is 0.633 bits per heavy atom. The zero-order valence-corrected chi connectivity index (χ0v) is 28.9. The Morgan fingerprint density at radius 3 is 1.73 bits per heavy atom. The normalized spacial score (nSPS) is 19.9. The molecule has 0 radical (unpaired) electrons. The minimum atomic E-state index is -1.48. The van der Waals surface area contributed by atoms with Crippen molar-refractivity contribution in [1.29, 1.82) is 0 Å². The van der Waals surface area contributed by atoms with E-state index in [1.165, 1.54) is 48.5 Å². The molecule has 1 heterocycles. The van der Waals surface area contributed by atoms with Gasteiger partial charge in [0.2, 0.25) is 0 Å². The lowest BCUT2D eigenvalue weighted by Gasteiger charge is -2.45. The number of esters is 4. The average molecular weight is 691 g/mol. The lowest BCUT2D eigenvalue weighted by Crippen LogP contribution is -2.59. The largest absolute Gasteiger partial charge is 0.496 e. The third kappa shape index (κ3) is 9.31. The van der Waals surface area contributed by atoms with Crippen LogP contribution in [0, 0.1) is 0 Å². The van der Waals surface area contributed by atoms with Gasteiger partial charge in [0.15, 0.2) is 35.6 Å². The van der Waals surface area contributed by atoms with Crippen molar-refractivity contribution in [3.63, 3.8) is 0 Å². The standard InChI is InChI=1S/C34H42O15/c1-17(35)45-16-27-30(46-18(2)36)33(47-19(3)37)34(48-20(4)38)32(49-27)29-26(43-8)15-25(42-7)28(31(29)44-9)22(39)12-10-21-11-13-23(40-5)24(14-21)41-6/h11,13-15,27,30,32-34H,10,12,16H2,1-9H3/t27-,30-,32+,33+,34+/m1/s1. The summed E-state index contributed by atoms with van der Waals surface area (Å²) in [5.74, 6) is -2.25. The summed E-state index contributed by atoms with van der Waals surface area (Å²) < 4.78 is 56.1. The van der Waals surface area contributed by atoms with Gasteiger partial charge in [-0.3, -0.25) is 24.0 Å². The minimum Gasteiger partial charge on any atom is -0.496 e. The van der Waals surface area contributed by atoms with Crippen LogP contribution < -0.4 is 23.7 Å². The van der Waals surface area contributed by atoms with E-state index < -0.39 is 66.8 Å². The molecule has 49 heavy (non-hydrogen) atoms. The first-order chi connectivity index (χ1) is 23.3. The number of carbonyl (C=O) groups excluding carboxylic acids is 5. The van der Waals surface area contributed by atoms with Gasteiger partial charge >= 0.3 is 23.9 Å². The van der Waals surface area contributed by atoms with E-state index in [9.17, 15) is 24.0 Å². The van der Waals surface area contributed by atoms with Crippen LogP contribution in [0.3, 0.4) is 0 Å². The number of ketones is 1. The van der Waals surface area contributed by atoms with Crippen LogP contribution in [0.4, 0.5) is 0 Å². The monoisotopic (exact) mass is 690 g/mol. The molecule has 0 saturated carbocycles. The topological polar surface area (TPSA) is 178 Å². The Morgan fingerprint density at radius 2 is 1.20 bits per heavy atom. The zero-order chi connectivity index (χ0) is 36.4. The van der Waals surface area contributed by atoms with Crippen LogP contribution in [0.15, 0.2) is 24.3 Å². The molecule has 15 heteroatoms. The van der Waals surface area contributed by atoms with Crippen molar-refractivity contribution in [2.24, 2.45) is 0 Å². The fraction of sp³-hybridized carbons (Fsp3) is 0.500. The summed E-state index contributed by atoms with van der Waals surface area (Å²) in [4.78, 5) is 62.9. The Bertz CT molecular complexity index is 1530. The van der Waals surface area contributed by atoms with Crippen LogP contribution in [0.1, 0.15) is 61.7 Å². The van der Waals surface area contributed by atoms with E-state index >= 15 is 0 Å². The van der Waals surface area contributed by atoms with Gasteiger partial charge in [0.25, 0.3) is 0 Å². The first kappa shape index (κ1) is 38.4. The van der Waals surface area contributed by atoms with Gasteiger partial charge in [-0.2, -0.15) is 0 Å². The first-order valence-corrected chi connectivity index (χ1v) is 15.2. The zero-order valence-electron chi connectivity index (χ0n) is 28.9. The third-order valence-electron chi connectivity index (χ3n) is 7.53. The van der Waals surface area contributed by atoms with Gasteiger partial charge in [-0.1, -0.05) is 6.07 Å².